The van der Waals surface area contributed by atoms with E-state index in [1.54, 1.807) is 0 Å². The van der Waals surface area contributed by atoms with Crippen molar-refractivity contribution in [1.29, 1.82) is 0 Å². The van der Waals surface area contributed by atoms with Crippen LogP contribution in [0.3, 0.4) is 0 Å². The Morgan fingerprint density at radius 2 is 0.886 bits per heavy atom. The second-order valence-electron chi connectivity index (χ2n) is 18.1. The van der Waals surface area contributed by atoms with Gasteiger partial charge in [0.2, 0.25) is 0 Å². The molecule has 0 radical (unpaired) electrons. The molecule has 13 rings (SSSR count). The van der Waals surface area contributed by atoms with Crippen molar-refractivity contribution in [3.8, 4) is 39.6 Å². The van der Waals surface area contributed by atoms with Crippen molar-refractivity contribution in [2.24, 2.45) is 0 Å². The summed E-state index contributed by atoms with van der Waals surface area (Å²) < 4.78 is 2.31. The minimum atomic E-state index is -2.85. The van der Waals surface area contributed by atoms with Crippen LogP contribution >= 0.6 is 0 Å². The maximum Gasteiger partial charge on any atom is 0.328 e. The Labute approximate surface area is 409 Å². The first-order chi connectivity index (χ1) is 34.7. The minimum Gasteiger partial charge on any atom is -0.376 e. The van der Waals surface area contributed by atoms with Gasteiger partial charge in [0.1, 0.15) is 5.82 Å². The Balaban J connectivity index is 1.04. The molecule has 12 aromatic rings. The molecule has 10 aromatic carbocycles. The maximum atomic E-state index is 5.60. The van der Waals surface area contributed by atoms with E-state index in [2.05, 4.69) is 282 Å². The zero-order chi connectivity index (χ0) is 46.4. The van der Waals surface area contributed by atoms with Crippen molar-refractivity contribution >= 4 is 79.8 Å². The molecule has 3 heterocycles. The number of benzene rings is 10. The first kappa shape index (κ1) is 41.4. The largest absolute Gasteiger partial charge is 0.376 e. The normalized spacial score (nSPS) is 12.2. The SMILES string of the molecule is c1ccc(B2c3ccccc3-c3ccccc3N2c2cccc(-c3nc(-c4cccc([Si](c5ccccc5)(c5ccccc5)c5ccccc5)c4)cc(-n4c5ccccc5c5ccccc54)n3)c2)cc1. The summed E-state index contributed by atoms with van der Waals surface area (Å²) in [5.41, 5.74) is 12.2. The summed E-state index contributed by atoms with van der Waals surface area (Å²) in [6.45, 7) is -0.0611. The molecule has 1 aliphatic heterocycles. The van der Waals surface area contributed by atoms with Gasteiger partial charge in [-0.05, 0) is 62.1 Å². The van der Waals surface area contributed by atoms with Gasteiger partial charge in [0, 0.05) is 44.9 Å². The van der Waals surface area contributed by atoms with Crippen LogP contribution in [0.15, 0.2) is 273 Å². The lowest BCUT2D eigenvalue weighted by Crippen LogP contribution is -2.74. The lowest BCUT2D eigenvalue weighted by Gasteiger charge is -2.39. The van der Waals surface area contributed by atoms with Gasteiger partial charge in [-0.2, -0.15) is 0 Å². The van der Waals surface area contributed by atoms with Crippen molar-refractivity contribution in [2.45, 2.75) is 0 Å². The second-order valence-corrected chi connectivity index (χ2v) is 21.9. The molecule has 0 saturated carbocycles. The van der Waals surface area contributed by atoms with Gasteiger partial charge in [-0.1, -0.05) is 242 Å². The van der Waals surface area contributed by atoms with Gasteiger partial charge in [0.25, 0.3) is 0 Å². The van der Waals surface area contributed by atoms with Gasteiger partial charge in [0.05, 0.1) is 16.7 Å². The van der Waals surface area contributed by atoms with Crippen molar-refractivity contribution in [3.63, 3.8) is 0 Å². The zero-order valence-corrected chi connectivity index (χ0v) is 39.3. The summed E-state index contributed by atoms with van der Waals surface area (Å²) in [4.78, 5) is 13.7. The third-order valence-electron chi connectivity index (χ3n) is 14.2. The van der Waals surface area contributed by atoms with Crippen LogP contribution in [-0.4, -0.2) is 29.5 Å². The van der Waals surface area contributed by atoms with Crippen molar-refractivity contribution in [1.82, 2.24) is 14.5 Å². The molecule has 0 bridgehead atoms. The van der Waals surface area contributed by atoms with Gasteiger partial charge in [-0.15, -0.1) is 0 Å². The Hall–Kier alpha value is -8.84. The number of rotatable bonds is 9. The maximum absolute atomic E-state index is 5.60. The van der Waals surface area contributed by atoms with Crippen LogP contribution in [0.2, 0.25) is 0 Å². The molecular weight excluding hydrogens is 864 g/mol. The predicted molar refractivity (Wildman–Crippen MR) is 296 cm³/mol. The first-order valence-electron chi connectivity index (χ1n) is 24.0. The van der Waals surface area contributed by atoms with Crippen LogP contribution in [-0.2, 0) is 0 Å². The van der Waals surface area contributed by atoms with Crippen LogP contribution < -0.4 is 36.5 Å². The number of para-hydroxylation sites is 3. The van der Waals surface area contributed by atoms with E-state index in [1.807, 2.05) is 0 Å². The van der Waals surface area contributed by atoms with Crippen LogP contribution in [0.5, 0.6) is 0 Å². The molecule has 0 unspecified atom stereocenters. The van der Waals surface area contributed by atoms with Crippen molar-refractivity contribution < 1.29 is 0 Å². The lowest BCUT2D eigenvalue weighted by molar-refractivity contribution is 1.05. The number of anilines is 2. The van der Waals surface area contributed by atoms with Gasteiger partial charge in [-0.3, -0.25) is 4.57 Å². The number of aromatic nitrogens is 3. The van der Waals surface area contributed by atoms with E-state index in [1.165, 1.54) is 53.6 Å². The molecule has 0 fully saturated rings. The minimum absolute atomic E-state index is 0.0611. The number of hydrogen-bond acceptors (Lipinski definition) is 3. The van der Waals surface area contributed by atoms with Gasteiger partial charge >= 0.3 is 6.85 Å². The summed E-state index contributed by atoms with van der Waals surface area (Å²) in [6.07, 6.45) is 0. The fourth-order valence-corrected chi connectivity index (χ4v) is 16.0. The number of nitrogens with zero attached hydrogens (tertiary/aromatic N) is 4. The molecule has 6 heteroatoms. The summed E-state index contributed by atoms with van der Waals surface area (Å²) in [6, 6.07) is 99.3. The number of fused-ring (bicyclic) bond motifs is 6. The summed E-state index contributed by atoms with van der Waals surface area (Å²) in [5.74, 6) is 1.46. The zero-order valence-electron chi connectivity index (χ0n) is 38.3. The van der Waals surface area contributed by atoms with E-state index in [0.717, 1.165) is 45.0 Å². The van der Waals surface area contributed by atoms with E-state index in [9.17, 15) is 0 Å². The molecule has 0 aliphatic carbocycles. The van der Waals surface area contributed by atoms with Crippen molar-refractivity contribution in [2.75, 3.05) is 4.81 Å². The van der Waals surface area contributed by atoms with Crippen LogP contribution in [0.1, 0.15) is 0 Å². The Kier molecular flexibility index (Phi) is 10.3. The monoisotopic (exact) mass is 908 g/mol. The van der Waals surface area contributed by atoms with E-state index in [-0.39, 0.29) is 6.85 Å². The van der Waals surface area contributed by atoms with Gasteiger partial charge in [-0.25, -0.2) is 9.97 Å². The topological polar surface area (TPSA) is 34.0 Å². The highest BCUT2D eigenvalue weighted by atomic mass is 28.3. The van der Waals surface area contributed by atoms with Crippen LogP contribution in [0.4, 0.5) is 11.4 Å². The smallest absolute Gasteiger partial charge is 0.328 e. The quantitative estimate of drug-likeness (QED) is 0.107. The number of hydrogen-bond donors (Lipinski definition) is 0. The van der Waals surface area contributed by atoms with E-state index in [0.29, 0.717) is 5.82 Å². The molecule has 0 N–H and O–H groups in total. The summed E-state index contributed by atoms with van der Waals surface area (Å²) in [7, 11) is -2.85. The Morgan fingerprint density at radius 3 is 1.54 bits per heavy atom. The average Bonchev–Trinajstić information content (AvgIpc) is 3.78. The summed E-state index contributed by atoms with van der Waals surface area (Å²) in [5, 5.41) is 7.63. The highest BCUT2D eigenvalue weighted by molar-refractivity contribution is 7.20. The van der Waals surface area contributed by atoms with Crippen LogP contribution in [0, 0.1) is 0 Å². The van der Waals surface area contributed by atoms with E-state index < -0.39 is 8.07 Å². The molecule has 0 spiro atoms. The standard InChI is InChI=1S/C64H45BN4Si/c1-5-25-48(26-6-1)65-58-39-17-13-35-54(58)55-36-16-20-42-62(55)69(65)49-27-21-24-47(43-49)64-66-59(45-63(67-64)68-60-40-18-14-37-56(60)57-38-15-19-41-61(57)68)46-23-22-34-53(44-46)70(50-28-7-2-8-29-50,51-30-9-3-10-31-51)52-32-11-4-12-33-52/h1-45H. The molecule has 0 amide bonds. The summed E-state index contributed by atoms with van der Waals surface area (Å²) >= 11 is 0. The molecule has 0 saturated heterocycles. The van der Waals surface area contributed by atoms with Gasteiger partial charge < -0.3 is 4.81 Å². The first-order valence-corrected chi connectivity index (χ1v) is 26.0. The Bertz CT molecular complexity index is 3710. The predicted octanol–water partition coefficient (Wildman–Crippen LogP) is 11.2. The highest BCUT2D eigenvalue weighted by Crippen LogP contribution is 2.41. The molecule has 70 heavy (non-hydrogen) atoms. The molecular formula is C64H45BN4Si. The average molecular weight is 909 g/mol. The molecule has 328 valence electrons. The van der Waals surface area contributed by atoms with E-state index in [4.69, 9.17) is 9.97 Å². The van der Waals surface area contributed by atoms with Crippen LogP contribution in [0.25, 0.3) is 61.4 Å². The highest BCUT2D eigenvalue weighted by Gasteiger charge is 2.42. The van der Waals surface area contributed by atoms with E-state index >= 15 is 0 Å². The molecule has 2 aromatic heterocycles. The fourth-order valence-electron chi connectivity index (χ4n) is 11.2. The third kappa shape index (κ3) is 6.83. The second kappa shape index (κ2) is 17.4. The molecule has 1 aliphatic rings. The molecule has 0 atom stereocenters. The van der Waals surface area contributed by atoms with Crippen molar-refractivity contribution in [3.05, 3.63) is 273 Å². The fraction of sp³-hybridized carbons (Fsp3) is 0. The lowest BCUT2D eigenvalue weighted by atomic mass is 9.46. The van der Waals surface area contributed by atoms with Gasteiger partial charge in [0.15, 0.2) is 13.9 Å². The Morgan fingerprint density at radius 1 is 0.371 bits per heavy atom. The third-order valence-corrected chi connectivity index (χ3v) is 19.0. The molecule has 4 nitrogen and oxygen atoms in total.